The zero-order valence-electron chi connectivity index (χ0n) is 16.0. The van der Waals surface area contributed by atoms with Crippen LogP contribution in [0.3, 0.4) is 0 Å². The van der Waals surface area contributed by atoms with Crippen LogP contribution in [0.25, 0.3) is 6.08 Å². The van der Waals surface area contributed by atoms with Gasteiger partial charge in [0.25, 0.3) is 0 Å². The van der Waals surface area contributed by atoms with Crippen LogP contribution in [0.15, 0.2) is 73.3 Å². The van der Waals surface area contributed by atoms with Gasteiger partial charge in [-0.3, -0.25) is 4.79 Å². The lowest BCUT2D eigenvalue weighted by atomic mass is 10.1. The molecule has 6 nitrogen and oxygen atoms in total. The van der Waals surface area contributed by atoms with Crippen molar-refractivity contribution < 1.29 is 14.3 Å². The standard InChI is InChI=1S/C23H23N3O3/c27-23(9-7-19-6-8-21-22(15-19)29-13-12-28-21)25-20(16-26-11-10-24-17-26)14-18-4-2-1-3-5-18/h1-11,15,17,20H,12-14,16H2,(H,25,27)/b9-7+. The molecule has 4 rings (SSSR count). The summed E-state index contributed by atoms with van der Waals surface area (Å²) in [6.45, 7) is 1.75. The van der Waals surface area contributed by atoms with Gasteiger partial charge in [-0.1, -0.05) is 36.4 Å². The highest BCUT2D eigenvalue weighted by atomic mass is 16.6. The van der Waals surface area contributed by atoms with Crippen molar-refractivity contribution in [2.45, 2.75) is 19.0 Å². The number of imidazole rings is 1. The van der Waals surface area contributed by atoms with Crippen LogP contribution in [-0.2, 0) is 17.8 Å². The van der Waals surface area contributed by atoms with E-state index in [-0.39, 0.29) is 11.9 Å². The minimum absolute atomic E-state index is 0.0518. The van der Waals surface area contributed by atoms with Crippen molar-refractivity contribution in [2.75, 3.05) is 13.2 Å². The highest BCUT2D eigenvalue weighted by molar-refractivity contribution is 5.92. The second kappa shape index (κ2) is 9.10. The number of carbonyl (C=O) groups is 1. The summed E-state index contributed by atoms with van der Waals surface area (Å²) in [6, 6.07) is 15.7. The number of benzene rings is 2. The maximum atomic E-state index is 12.6. The largest absolute Gasteiger partial charge is 0.486 e. The molecule has 0 bridgehead atoms. The van der Waals surface area contributed by atoms with Crippen LogP contribution in [0.5, 0.6) is 11.5 Å². The van der Waals surface area contributed by atoms with E-state index in [1.807, 2.05) is 47.2 Å². The first-order valence-corrected chi connectivity index (χ1v) is 9.64. The van der Waals surface area contributed by atoms with E-state index in [4.69, 9.17) is 9.47 Å². The van der Waals surface area contributed by atoms with Crippen LogP contribution in [0.1, 0.15) is 11.1 Å². The first-order chi connectivity index (χ1) is 14.3. The minimum atomic E-state index is -0.138. The molecule has 6 heteroatoms. The van der Waals surface area contributed by atoms with Crippen molar-refractivity contribution in [3.05, 3.63) is 84.5 Å². The Labute approximate surface area is 169 Å². The van der Waals surface area contributed by atoms with Crippen molar-refractivity contribution in [3.63, 3.8) is 0 Å². The second-order valence-electron chi connectivity index (χ2n) is 6.89. The molecule has 1 aliphatic rings. The molecule has 1 amide bonds. The molecule has 148 valence electrons. The molecule has 0 fully saturated rings. The van der Waals surface area contributed by atoms with E-state index in [0.717, 1.165) is 17.7 Å². The molecule has 1 aromatic heterocycles. The number of ether oxygens (including phenoxy) is 2. The zero-order valence-corrected chi connectivity index (χ0v) is 16.0. The van der Waals surface area contributed by atoms with Gasteiger partial charge in [-0.05, 0) is 35.8 Å². The predicted octanol–water partition coefficient (Wildman–Crippen LogP) is 3.10. The first kappa shape index (κ1) is 18.8. The topological polar surface area (TPSA) is 65.4 Å². The number of fused-ring (bicyclic) bond motifs is 1. The normalized spacial score (nSPS) is 13.9. The zero-order chi connectivity index (χ0) is 19.9. The minimum Gasteiger partial charge on any atom is -0.486 e. The van der Waals surface area contributed by atoms with Crippen molar-refractivity contribution in [1.29, 1.82) is 0 Å². The Morgan fingerprint density at radius 2 is 1.97 bits per heavy atom. The van der Waals surface area contributed by atoms with Crippen LogP contribution in [0, 0.1) is 0 Å². The molecule has 3 aromatic rings. The number of nitrogens with zero attached hydrogens (tertiary/aromatic N) is 2. The third kappa shape index (κ3) is 5.25. The van der Waals surface area contributed by atoms with Crippen LogP contribution in [0.4, 0.5) is 0 Å². The maximum absolute atomic E-state index is 12.6. The highest BCUT2D eigenvalue weighted by Gasteiger charge is 2.13. The van der Waals surface area contributed by atoms with Gasteiger partial charge in [0, 0.05) is 25.0 Å². The Balaban J connectivity index is 1.42. The van der Waals surface area contributed by atoms with Crippen LogP contribution >= 0.6 is 0 Å². The van der Waals surface area contributed by atoms with Crippen molar-refractivity contribution in [3.8, 4) is 11.5 Å². The van der Waals surface area contributed by atoms with Crippen LogP contribution in [0.2, 0.25) is 0 Å². The summed E-state index contributed by atoms with van der Waals surface area (Å²) in [5.41, 5.74) is 2.06. The average Bonchev–Trinajstić information content (AvgIpc) is 3.26. The Bertz CT molecular complexity index is 968. The number of rotatable bonds is 7. The fourth-order valence-corrected chi connectivity index (χ4v) is 3.29. The first-order valence-electron chi connectivity index (χ1n) is 9.64. The average molecular weight is 389 g/mol. The van der Waals surface area contributed by atoms with E-state index >= 15 is 0 Å². The van der Waals surface area contributed by atoms with Gasteiger partial charge in [0.2, 0.25) is 5.91 Å². The van der Waals surface area contributed by atoms with Crippen molar-refractivity contribution in [1.82, 2.24) is 14.9 Å². The summed E-state index contributed by atoms with van der Waals surface area (Å²) < 4.78 is 13.1. The Hall–Kier alpha value is -3.54. The van der Waals surface area contributed by atoms with E-state index < -0.39 is 0 Å². The van der Waals surface area contributed by atoms with E-state index in [1.165, 1.54) is 5.56 Å². The summed E-state index contributed by atoms with van der Waals surface area (Å²) in [5.74, 6) is 1.31. The monoisotopic (exact) mass is 389 g/mol. The highest BCUT2D eigenvalue weighted by Crippen LogP contribution is 2.31. The molecular weight excluding hydrogens is 366 g/mol. The molecule has 1 N–H and O–H groups in total. The number of hydrogen-bond acceptors (Lipinski definition) is 4. The number of aromatic nitrogens is 2. The second-order valence-corrected chi connectivity index (χ2v) is 6.89. The van der Waals surface area contributed by atoms with Crippen molar-refractivity contribution in [2.24, 2.45) is 0 Å². The van der Waals surface area contributed by atoms with E-state index in [9.17, 15) is 4.79 Å². The summed E-state index contributed by atoms with van der Waals surface area (Å²) in [7, 11) is 0. The molecule has 29 heavy (non-hydrogen) atoms. The molecule has 1 unspecified atom stereocenters. The van der Waals surface area contributed by atoms with Crippen LogP contribution in [-0.4, -0.2) is 34.7 Å². The molecule has 0 radical (unpaired) electrons. The predicted molar refractivity (Wildman–Crippen MR) is 111 cm³/mol. The van der Waals surface area contributed by atoms with Crippen LogP contribution < -0.4 is 14.8 Å². The number of hydrogen-bond donors (Lipinski definition) is 1. The van der Waals surface area contributed by atoms with E-state index in [1.54, 1.807) is 24.7 Å². The molecule has 1 aliphatic heterocycles. The van der Waals surface area contributed by atoms with E-state index in [2.05, 4.69) is 22.4 Å². The molecule has 2 heterocycles. The van der Waals surface area contributed by atoms with Gasteiger partial charge in [-0.2, -0.15) is 0 Å². The molecule has 0 saturated heterocycles. The summed E-state index contributed by atoms with van der Waals surface area (Å²) >= 11 is 0. The lowest BCUT2D eigenvalue weighted by molar-refractivity contribution is -0.117. The smallest absolute Gasteiger partial charge is 0.244 e. The number of nitrogens with one attached hydrogen (secondary N) is 1. The lowest BCUT2D eigenvalue weighted by Gasteiger charge is -2.19. The fourth-order valence-electron chi connectivity index (χ4n) is 3.29. The van der Waals surface area contributed by atoms with Crippen molar-refractivity contribution >= 4 is 12.0 Å². The quantitative estimate of drug-likeness (QED) is 0.631. The van der Waals surface area contributed by atoms with Gasteiger partial charge in [0.05, 0.1) is 12.4 Å². The number of amides is 1. The van der Waals surface area contributed by atoms with Gasteiger partial charge in [-0.15, -0.1) is 0 Å². The molecule has 0 aliphatic carbocycles. The van der Waals surface area contributed by atoms with Gasteiger partial charge >= 0.3 is 0 Å². The van der Waals surface area contributed by atoms with Gasteiger partial charge in [0.15, 0.2) is 11.5 Å². The van der Waals surface area contributed by atoms with E-state index in [0.29, 0.717) is 25.5 Å². The Morgan fingerprint density at radius 1 is 1.14 bits per heavy atom. The SMILES string of the molecule is O=C(/C=C/c1ccc2c(c1)OCCO2)NC(Cc1ccccc1)Cn1ccnc1. The summed E-state index contributed by atoms with van der Waals surface area (Å²) in [6.07, 6.45) is 9.47. The summed E-state index contributed by atoms with van der Waals surface area (Å²) in [5, 5.41) is 3.11. The molecule has 0 spiro atoms. The Morgan fingerprint density at radius 3 is 2.76 bits per heavy atom. The molecular formula is C23H23N3O3. The van der Waals surface area contributed by atoms with Gasteiger partial charge < -0.3 is 19.4 Å². The molecule has 2 aromatic carbocycles. The third-order valence-electron chi connectivity index (χ3n) is 4.66. The van der Waals surface area contributed by atoms with Gasteiger partial charge in [0.1, 0.15) is 13.2 Å². The van der Waals surface area contributed by atoms with Gasteiger partial charge in [-0.25, -0.2) is 4.98 Å². The third-order valence-corrected chi connectivity index (χ3v) is 4.66. The molecule has 1 atom stereocenters. The molecule has 0 saturated carbocycles. The summed E-state index contributed by atoms with van der Waals surface area (Å²) in [4.78, 5) is 16.6. The lowest BCUT2D eigenvalue weighted by Crippen LogP contribution is -2.38. The number of carbonyl (C=O) groups excluding carboxylic acids is 1. The fraction of sp³-hybridized carbons (Fsp3) is 0.217. The Kier molecular flexibility index (Phi) is 5.90. The maximum Gasteiger partial charge on any atom is 0.244 e.